The van der Waals surface area contributed by atoms with Crippen LogP contribution in [0.4, 0.5) is 11.4 Å². The van der Waals surface area contributed by atoms with Gasteiger partial charge in [-0.1, -0.05) is 23.7 Å². The largest absolute Gasteiger partial charge is 0.464 e. The number of hydrogen-bond donors (Lipinski definition) is 1. The van der Waals surface area contributed by atoms with Gasteiger partial charge in [0.2, 0.25) is 0 Å². The number of rotatable bonds is 6. The lowest BCUT2D eigenvalue weighted by atomic mass is 10.1. The second-order valence-corrected chi connectivity index (χ2v) is 6.89. The molecule has 0 saturated heterocycles. The summed E-state index contributed by atoms with van der Waals surface area (Å²) in [6.07, 6.45) is 0.294. The number of amides is 1. The number of esters is 1. The number of hydrogen-bond acceptors (Lipinski definition) is 6. The lowest BCUT2D eigenvalue weighted by molar-refractivity contribution is -0.384. The SMILES string of the molecule is Cc1ccc2c(CC(=O)O[C@@H](C)C(=O)Nc3cc([N+](=O)[O-])ccc3Cl)coc2c1. The minimum absolute atomic E-state index is 0.0602. The Labute approximate surface area is 170 Å². The highest BCUT2D eigenvalue weighted by atomic mass is 35.5. The number of non-ortho nitro benzene ring substituents is 1. The van der Waals surface area contributed by atoms with Gasteiger partial charge >= 0.3 is 5.97 Å². The number of nitrogens with zero attached hydrogens (tertiary/aromatic N) is 1. The Morgan fingerprint density at radius 3 is 2.76 bits per heavy atom. The highest BCUT2D eigenvalue weighted by Crippen LogP contribution is 2.27. The van der Waals surface area contributed by atoms with E-state index in [2.05, 4.69) is 5.32 Å². The van der Waals surface area contributed by atoms with Crippen LogP contribution in [0.5, 0.6) is 0 Å². The van der Waals surface area contributed by atoms with Crippen molar-refractivity contribution >= 4 is 45.8 Å². The quantitative estimate of drug-likeness (QED) is 0.361. The number of halogens is 1. The van der Waals surface area contributed by atoms with Crippen molar-refractivity contribution in [3.05, 3.63) is 68.9 Å². The molecule has 1 amide bonds. The van der Waals surface area contributed by atoms with E-state index < -0.39 is 22.9 Å². The zero-order valence-corrected chi connectivity index (χ0v) is 16.4. The van der Waals surface area contributed by atoms with Crippen LogP contribution in [0.15, 0.2) is 47.1 Å². The van der Waals surface area contributed by atoms with Gasteiger partial charge in [-0.2, -0.15) is 0 Å². The Bertz CT molecular complexity index is 1110. The Hall–Kier alpha value is -3.39. The highest BCUT2D eigenvalue weighted by molar-refractivity contribution is 6.33. The molecule has 0 radical (unpaired) electrons. The Morgan fingerprint density at radius 2 is 2.03 bits per heavy atom. The fraction of sp³-hybridized carbons (Fsp3) is 0.200. The van der Waals surface area contributed by atoms with Gasteiger partial charge < -0.3 is 14.5 Å². The van der Waals surface area contributed by atoms with Crippen LogP contribution >= 0.6 is 11.6 Å². The molecular formula is C20H17ClN2O6. The fourth-order valence-corrected chi connectivity index (χ4v) is 2.90. The first-order chi connectivity index (χ1) is 13.7. The average Bonchev–Trinajstić information content (AvgIpc) is 3.04. The maximum absolute atomic E-state index is 12.3. The van der Waals surface area contributed by atoms with Crippen molar-refractivity contribution in [1.29, 1.82) is 0 Å². The molecule has 0 aliphatic heterocycles. The van der Waals surface area contributed by atoms with Crippen LogP contribution in [0.25, 0.3) is 11.0 Å². The molecule has 8 nitrogen and oxygen atoms in total. The number of fused-ring (bicyclic) bond motifs is 1. The summed E-state index contributed by atoms with van der Waals surface area (Å²) in [7, 11) is 0. The normalized spacial score (nSPS) is 11.8. The van der Waals surface area contributed by atoms with Crippen molar-refractivity contribution in [3.8, 4) is 0 Å². The number of furan rings is 1. The third-order valence-electron chi connectivity index (χ3n) is 4.24. The van der Waals surface area contributed by atoms with Crippen molar-refractivity contribution < 1.29 is 23.7 Å². The van der Waals surface area contributed by atoms with E-state index in [9.17, 15) is 19.7 Å². The van der Waals surface area contributed by atoms with Gasteiger partial charge in [-0.15, -0.1) is 0 Å². The smallest absolute Gasteiger partial charge is 0.311 e. The van der Waals surface area contributed by atoms with E-state index in [4.69, 9.17) is 20.8 Å². The van der Waals surface area contributed by atoms with E-state index in [1.54, 1.807) is 0 Å². The molecule has 9 heteroatoms. The van der Waals surface area contributed by atoms with Gasteiger partial charge in [0.25, 0.3) is 11.6 Å². The van der Waals surface area contributed by atoms with Gasteiger partial charge in [0.05, 0.1) is 28.3 Å². The molecule has 0 aliphatic carbocycles. The van der Waals surface area contributed by atoms with Crippen LogP contribution in [0, 0.1) is 17.0 Å². The summed E-state index contributed by atoms with van der Waals surface area (Å²) >= 11 is 5.96. The predicted octanol–water partition coefficient (Wildman–Crippen LogP) is 4.42. The van der Waals surface area contributed by atoms with Crippen LogP contribution in [-0.4, -0.2) is 22.9 Å². The lowest BCUT2D eigenvalue weighted by Crippen LogP contribution is -2.30. The molecule has 150 valence electrons. The molecule has 0 fully saturated rings. The number of benzene rings is 2. The summed E-state index contributed by atoms with van der Waals surface area (Å²) in [6.45, 7) is 3.33. The van der Waals surface area contributed by atoms with E-state index in [-0.39, 0.29) is 22.8 Å². The number of carbonyl (C=O) groups is 2. The first kappa shape index (κ1) is 20.3. The Balaban J connectivity index is 1.64. The summed E-state index contributed by atoms with van der Waals surface area (Å²) in [5, 5.41) is 14.2. The number of aryl methyl sites for hydroxylation is 1. The molecule has 0 unspecified atom stereocenters. The van der Waals surface area contributed by atoms with Crippen LogP contribution in [-0.2, 0) is 20.7 Å². The molecule has 3 aromatic rings. The molecule has 0 aliphatic rings. The molecule has 1 N–H and O–H groups in total. The fourth-order valence-electron chi connectivity index (χ4n) is 2.73. The molecular weight excluding hydrogens is 400 g/mol. The highest BCUT2D eigenvalue weighted by Gasteiger charge is 2.21. The number of carbonyl (C=O) groups excluding carboxylic acids is 2. The van der Waals surface area contributed by atoms with E-state index in [1.165, 1.54) is 25.3 Å². The molecule has 0 bridgehead atoms. The van der Waals surface area contributed by atoms with E-state index in [1.807, 2.05) is 25.1 Å². The zero-order chi connectivity index (χ0) is 21.1. The molecule has 0 saturated carbocycles. The number of ether oxygens (including phenoxy) is 1. The summed E-state index contributed by atoms with van der Waals surface area (Å²) < 4.78 is 10.6. The van der Waals surface area contributed by atoms with Gasteiger partial charge in [0, 0.05) is 23.1 Å². The maximum Gasteiger partial charge on any atom is 0.311 e. The first-order valence-corrected chi connectivity index (χ1v) is 9.03. The number of nitro groups is 1. The molecule has 1 aromatic heterocycles. The van der Waals surface area contributed by atoms with Gasteiger partial charge in [-0.05, 0) is 31.5 Å². The van der Waals surface area contributed by atoms with Crippen LogP contribution in [0.2, 0.25) is 5.02 Å². The Morgan fingerprint density at radius 1 is 1.28 bits per heavy atom. The molecule has 1 atom stereocenters. The van der Waals surface area contributed by atoms with E-state index >= 15 is 0 Å². The van der Waals surface area contributed by atoms with Crippen molar-refractivity contribution in [3.63, 3.8) is 0 Å². The zero-order valence-electron chi connectivity index (χ0n) is 15.6. The van der Waals surface area contributed by atoms with Gasteiger partial charge in [-0.3, -0.25) is 19.7 Å². The monoisotopic (exact) mass is 416 g/mol. The van der Waals surface area contributed by atoms with Crippen molar-refractivity contribution in [2.24, 2.45) is 0 Å². The summed E-state index contributed by atoms with van der Waals surface area (Å²) in [4.78, 5) is 34.8. The summed E-state index contributed by atoms with van der Waals surface area (Å²) in [6, 6.07) is 9.29. The molecule has 1 heterocycles. The van der Waals surface area contributed by atoms with Crippen LogP contribution in [0.3, 0.4) is 0 Å². The maximum atomic E-state index is 12.3. The van der Waals surface area contributed by atoms with Gasteiger partial charge in [0.15, 0.2) is 6.10 Å². The molecule has 29 heavy (non-hydrogen) atoms. The van der Waals surface area contributed by atoms with Crippen LogP contribution < -0.4 is 5.32 Å². The lowest BCUT2D eigenvalue weighted by Gasteiger charge is -2.14. The Kier molecular flexibility index (Phi) is 5.84. The second-order valence-electron chi connectivity index (χ2n) is 6.48. The van der Waals surface area contributed by atoms with E-state index in [0.29, 0.717) is 11.1 Å². The topological polar surface area (TPSA) is 112 Å². The standard InChI is InChI=1S/C20H17ClN2O6/c1-11-3-5-15-13(10-28-18(15)7-11)8-19(24)29-12(2)20(25)22-17-9-14(23(26)27)4-6-16(17)21/h3-7,9-10,12H,8H2,1-2H3,(H,22,25)/t12-/m0/s1. The summed E-state index contributed by atoms with van der Waals surface area (Å²) in [5.74, 6) is -1.27. The molecule has 3 rings (SSSR count). The second kappa shape index (κ2) is 8.32. The number of nitrogens with one attached hydrogen (secondary N) is 1. The van der Waals surface area contributed by atoms with Gasteiger partial charge in [0.1, 0.15) is 5.58 Å². The van der Waals surface area contributed by atoms with Gasteiger partial charge in [-0.25, -0.2) is 0 Å². The van der Waals surface area contributed by atoms with Crippen LogP contribution in [0.1, 0.15) is 18.1 Å². The predicted molar refractivity (Wildman–Crippen MR) is 107 cm³/mol. The third-order valence-corrected chi connectivity index (χ3v) is 4.57. The summed E-state index contributed by atoms with van der Waals surface area (Å²) in [5.41, 5.74) is 2.19. The molecule has 0 spiro atoms. The third kappa shape index (κ3) is 4.72. The number of anilines is 1. The first-order valence-electron chi connectivity index (χ1n) is 8.65. The van der Waals surface area contributed by atoms with Crippen molar-refractivity contribution in [2.45, 2.75) is 26.4 Å². The average molecular weight is 417 g/mol. The molecule has 2 aromatic carbocycles. The number of nitro benzene ring substituents is 1. The minimum Gasteiger partial charge on any atom is -0.464 e. The van der Waals surface area contributed by atoms with E-state index in [0.717, 1.165) is 17.0 Å². The van der Waals surface area contributed by atoms with Crippen molar-refractivity contribution in [1.82, 2.24) is 0 Å². The minimum atomic E-state index is -1.13. The van der Waals surface area contributed by atoms with Crippen molar-refractivity contribution in [2.75, 3.05) is 5.32 Å².